The maximum Gasteiger partial charge on any atom is 0.0318 e. The van der Waals surface area contributed by atoms with Crippen molar-refractivity contribution < 1.29 is 0 Å². The lowest BCUT2D eigenvalue weighted by Gasteiger charge is -2.16. The monoisotopic (exact) mass is 256 g/mol. The Morgan fingerprint density at radius 3 is 2.50 bits per heavy atom. The minimum absolute atomic E-state index is 0.423. The minimum Gasteiger partial charge on any atom is -0.329 e. The molecule has 1 rings (SSSR count). The molecular weight excluding hydrogens is 240 g/mol. The zero-order valence-electron chi connectivity index (χ0n) is 8.46. The Balaban J connectivity index is 2.64. The summed E-state index contributed by atoms with van der Waals surface area (Å²) in [5, 5.41) is 3.41. The molecule has 0 bridgehead atoms. The summed E-state index contributed by atoms with van der Waals surface area (Å²) in [6.07, 6.45) is 1.08. The van der Waals surface area contributed by atoms with Crippen LogP contribution in [-0.2, 0) is 0 Å². The molecule has 0 saturated heterocycles. The van der Waals surface area contributed by atoms with E-state index in [-0.39, 0.29) is 0 Å². The first-order valence-corrected chi connectivity index (χ1v) is 5.76. The van der Waals surface area contributed by atoms with E-state index in [9.17, 15) is 0 Å². The molecule has 0 aliphatic heterocycles. The predicted octanol–water partition coefficient (Wildman–Crippen LogP) is 2.45. The van der Waals surface area contributed by atoms with Crippen molar-refractivity contribution in [3.8, 4) is 0 Å². The number of hydrogen-bond acceptors (Lipinski definition) is 2. The van der Waals surface area contributed by atoms with Crippen molar-refractivity contribution in [3.05, 3.63) is 34.3 Å². The van der Waals surface area contributed by atoms with Crippen LogP contribution < -0.4 is 11.1 Å². The third-order valence-electron chi connectivity index (χ3n) is 2.22. The number of rotatable bonds is 5. The molecule has 1 atom stereocenters. The molecule has 1 aromatic rings. The second-order valence-corrected chi connectivity index (χ2v) is 4.17. The molecule has 0 amide bonds. The van der Waals surface area contributed by atoms with Crippen molar-refractivity contribution in [3.63, 3.8) is 0 Å². The summed E-state index contributed by atoms with van der Waals surface area (Å²) in [5.41, 5.74) is 6.79. The molecule has 2 nitrogen and oxygen atoms in total. The minimum atomic E-state index is 0.423. The van der Waals surface area contributed by atoms with E-state index in [2.05, 4.69) is 52.4 Å². The van der Waals surface area contributed by atoms with Gasteiger partial charge in [-0.3, -0.25) is 0 Å². The van der Waals surface area contributed by atoms with Gasteiger partial charge in [0.15, 0.2) is 0 Å². The van der Waals surface area contributed by atoms with Gasteiger partial charge < -0.3 is 11.1 Å². The smallest absolute Gasteiger partial charge is 0.0318 e. The third-order valence-corrected chi connectivity index (χ3v) is 2.74. The molecule has 0 radical (unpaired) electrons. The fourth-order valence-corrected chi connectivity index (χ4v) is 1.71. The Kier molecular flexibility index (Phi) is 5.15. The first kappa shape index (κ1) is 11.7. The Labute approximate surface area is 94.0 Å². The summed E-state index contributed by atoms with van der Waals surface area (Å²) in [7, 11) is 0. The fourth-order valence-electron chi connectivity index (χ4n) is 1.45. The van der Waals surface area contributed by atoms with Crippen LogP contribution in [0.25, 0.3) is 0 Å². The van der Waals surface area contributed by atoms with E-state index in [0.29, 0.717) is 12.6 Å². The molecule has 0 heterocycles. The average Bonchev–Trinajstić information content (AvgIpc) is 2.21. The molecule has 14 heavy (non-hydrogen) atoms. The van der Waals surface area contributed by atoms with Crippen LogP contribution >= 0.6 is 15.9 Å². The summed E-state index contributed by atoms with van der Waals surface area (Å²) < 4.78 is 1.12. The van der Waals surface area contributed by atoms with Gasteiger partial charge in [0.05, 0.1) is 0 Å². The Morgan fingerprint density at radius 1 is 1.36 bits per heavy atom. The van der Waals surface area contributed by atoms with Gasteiger partial charge in [0, 0.05) is 23.6 Å². The van der Waals surface area contributed by atoms with Crippen molar-refractivity contribution in [2.24, 2.45) is 5.73 Å². The van der Waals surface area contributed by atoms with E-state index in [4.69, 9.17) is 5.73 Å². The van der Waals surface area contributed by atoms with Gasteiger partial charge in [-0.25, -0.2) is 0 Å². The van der Waals surface area contributed by atoms with Crippen molar-refractivity contribution >= 4 is 15.9 Å². The van der Waals surface area contributed by atoms with Gasteiger partial charge in [-0.2, -0.15) is 0 Å². The summed E-state index contributed by atoms with van der Waals surface area (Å²) >= 11 is 3.43. The molecule has 0 spiro atoms. The molecule has 0 fully saturated rings. The van der Waals surface area contributed by atoms with Gasteiger partial charge in [-0.15, -0.1) is 0 Å². The second-order valence-electron chi connectivity index (χ2n) is 3.26. The van der Waals surface area contributed by atoms with Gasteiger partial charge in [-0.1, -0.05) is 35.0 Å². The quantitative estimate of drug-likeness (QED) is 0.850. The van der Waals surface area contributed by atoms with Crippen LogP contribution in [0.2, 0.25) is 0 Å². The highest BCUT2D eigenvalue weighted by atomic mass is 79.9. The number of nitrogens with one attached hydrogen (secondary N) is 1. The second kappa shape index (κ2) is 6.17. The maximum absolute atomic E-state index is 5.46. The number of halogens is 1. The van der Waals surface area contributed by atoms with E-state index in [0.717, 1.165) is 17.4 Å². The number of hydrogen-bond donors (Lipinski definition) is 2. The zero-order chi connectivity index (χ0) is 10.4. The van der Waals surface area contributed by atoms with E-state index in [1.165, 1.54) is 5.56 Å². The van der Waals surface area contributed by atoms with Crippen molar-refractivity contribution in [1.82, 2.24) is 5.32 Å². The highest BCUT2D eigenvalue weighted by Gasteiger charge is 2.06. The molecule has 3 N–H and O–H groups in total. The Bertz CT molecular complexity index is 258. The summed E-state index contributed by atoms with van der Waals surface area (Å²) in [6.45, 7) is 3.73. The zero-order valence-corrected chi connectivity index (χ0v) is 10.0. The van der Waals surface area contributed by atoms with E-state index >= 15 is 0 Å². The van der Waals surface area contributed by atoms with Gasteiger partial charge in [-0.05, 0) is 24.1 Å². The molecule has 0 aliphatic carbocycles. The lowest BCUT2D eigenvalue weighted by molar-refractivity contribution is 0.527. The van der Waals surface area contributed by atoms with Crippen LogP contribution in [0.4, 0.5) is 0 Å². The number of benzene rings is 1. The molecule has 78 valence electrons. The Hall–Kier alpha value is -0.380. The van der Waals surface area contributed by atoms with Crippen LogP contribution in [0, 0.1) is 0 Å². The van der Waals surface area contributed by atoms with Crippen LogP contribution in [0.1, 0.15) is 24.9 Å². The van der Waals surface area contributed by atoms with E-state index < -0.39 is 0 Å². The fraction of sp³-hybridized carbons (Fsp3) is 0.455. The molecule has 1 aromatic carbocycles. The standard InChI is InChI=1S/C11H17BrN2/c1-2-11(14-8-7-13)9-3-5-10(12)6-4-9/h3-6,11,14H,2,7-8,13H2,1H3. The summed E-state index contributed by atoms with van der Waals surface area (Å²) in [5.74, 6) is 0. The van der Waals surface area contributed by atoms with Gasteiger partial charge >= 0.3 is 0 Å². The summed E-state index contributed by atoms with van der Waals surface area (Å²) in [4.78, 5) is 0. The molecule has 3 heteroatoms. The SMILES string of the molecule is CCC(NCCN)c1ccc(Br)cc1. The van der Waals surface area contributed by atoms with Gasteiger partial charge in [0.25, 0.3) is 0 Å². The van der Waals surface area contributed by atoms with Crippen molar-refractivity contribution in [1.29, 1.82) is 0 Å². The predicted molar refractivity (Wildman–Crippen MR) is 64.2 cm³/mol. The molecule has 0 aliphatic rings. The lowest BCUT2D eigenvalue weighted by atomic mass is 10.0. The van der Waals surface area contributed by atoms with Gasteiger partial charge in [0.2, 0.25) is 0 Å². The third kappa shape index (κ3) is 3.40. The highest BCUT2D eigenvalue weighted by Crippen LogP contribution is 2.18. The van der Waals surface area contributed by atoms with Crippen molar-refractivity contribution in [2.45, 2.75) is 19.4 Å². The topological polar surface area (TPSA) is 38.0 Å². The lowest BCUT2D eigenvalue weighted by Crippen LogP contribution is -2.26. The van der Waals surface area contributed by atoms with Crippen molar-refractivity contribution in [2.75, 3.05) is 13.1 Å². The summed E-state index contributed by atoms with van der Waals surface area (Å²) in [6, 6.07) is 8.85. The molecular formula is C11H17BrN2. The van der Waals surface area contributed by atoms with Crippen LogP contribution in [0.15, 0.2) is 28.7 Å². The Morgan fingerprint density at radius 2 is 2.00 bits per heavy atom. The largest absolute Gasteiger partial charge is 0.329 e. The van der Waals surface area contributed by atoms with Crippen LogP contribution in [0.3, 0.4) is 0 Å². The first-order chi connectivity index (χ1) is 6.77. The molecule has 0 aromatic heterocycles. The first-order valence-electron chi connectivity index (χ1n) is 4.96. The maximum atomic E-state index is 5.46. The number of nitrogens with two attached hydrogens (primary N) is 1. The van der Waals surface area contributed by atoms with Gasteiger partial charge in [0.1, 0.15) is 0 Å². The van der Waals surface area contributed by atoms with E-state index in [1.54, 1.807) is 0 Å². The van der Waals surface area contributed by atoms with E-state index in [1.807, 2.05) is 0 Å². The van der Waals surface area contributed by atoms with Crippen LogP contribution in [0.5, 0.6) is 0 Å². The average molecular weight is 257 g/mol. The normalized spacial score (nSPS) is 12.8. The highest BCUT2D eigenvalue weighted by molar-refractivity contribution is 9.10. The molecule has 1 unspecified atom stereocenters. The van der Waals surface area contributed by atoms with Crippen LogP contribution in [-0.4, -0.2) is 13.1 Å². The molecule has 0 saturated carbocycles.